The van der Waals surface area contributed by atoms with Gasteiger partial charge in [-0.1, -0.05) is 48.3 Å². The van der Waals surface area contributed by atoms with Crippen molar-refractivity contribution in [2.45, 2.75) is 20.1 Å². The van der Waals surface area contributed by atoms with Crippen molar-refractivity contribution in [3.05, 3.63) is 63.6 Å². The van der Waals surface area contributed by atoms with Gasteiger partial charge in [-0.25, -0.2) is 0 Å². The predicted molar refractivity (Wildman–Crippen MR) is 84.6 cm³/mol. The van der Waals surface area contributed by atoms with Crippen LogP contribution in [0.15, 0.2) is 42.5 Å². The first-order valence-electron chi connectivity index (χ1n) is 6.55. The quantitative estimate of drug-likeness (QED) is 0.836. The highest BCUT2D eigenvalue weighted by Crippen LogP contribution is 2.23. The Morgan fingerprint density at radius 3 is 2.70 bits per heavy atom. The molecule has 2 rings (SSSR count). The summed E-state index contributed by atoms with van der Waals surface area (Å²) in [4.78, 5) is 0. The Balaban J connectivity index is 1.99. The van der Waals surface area contributed by atoms with E-state index >= 15 is 0 Å². The Morgan fingerprint density at radius 2 is 1.95 bits per heavy atom. The van der Waals surface area contributed by atoms with Gasteiger partial charge in [0.05, 0.1) is 0 Å². The molecule has 0 aliphatic rings. The zero-order chi connectivity index (χ0) is 14.4. The van der Waals surface area contributed by atoms with Crippen LogP contribution in [0.25, 0.3) is 0 Å². The highest BCUT2D eigenvalue weighted by Gasteiger charge is 2.03. The molecule has 2 aromatic rings. The number of hydrogen-bond donors (Lipinski definition) is 1. The lowest BCUT2D eigenvalue weighted by molar-refractivity contribution is 0.306. The van der Waals surface area contributed by atoms with Crippen molar-refractivity contribution in [2.24, 2.45) is 0 Å². The van der Waals surface area contributed by atoms with Crippen molar-refractivity contribution < 1.29 is 4.74 Å². The van der Waals surface area contributed by atoms with E-state index in [4.69, 9.17) is 27.9 Å². The molecular weight excluding hydrogens is 293 g/mol. The van der Waals surface area contributed by atoms with E-state index in [1.54, 1.807) is 6.07 Å². The fourth-order valence-corrected chi connectivity index (χ4v) is 2.28. The summed E-state index contributed by atoms with van der Waals surface area (Å²) in [5, 5.41) is 4.55. The summed E-state index contributed by atoms with van der Waals surface area (Å²) in [5.74, 6) is 0.839. The van der Waals surface area contributed by atoms with Crippen LogP contribution in [0, 0.1) is 0 Å². The van der Waals surface area contributed by atoms with Gasteiger partial charge < -0.3 is 10.1 Å². The molecule has 1 N–H and O–H groups in total. The summed E-state index contributed by atoms with van der Waals surface area (Å²) in [5.41, 5.74) is 2.12. The van der Waals surface area contributed by atoms with Gasteiger partial charge in [0, 0.05) is 22.2 Å². The first-order valence-corrected chi connectivity index (χ1v) is 7.31. The maximum Gasteiger partial charge on any atom is 0.120 e. The molecule has 0 amide bonds. The lowest BCUT2D eigenvalue weighted by atomic mass is 10.2. The Hall–Kier alpha value is -1.22. The highest BCUT2D eigenvalue weighted by molar-refractivity contribution is 6.35. The minimum absolute atomic E-state index is 0.431. The zero-order valence-electron chi connectivity index (χ0n) is 11.3. The van der Waals surface area contributed by atoms with Gasteiger partial charge in [0.2, 0.25) is 0 Å². The second-order valence-corrected chi connectivity index (χ2v) is 5.30. The zero-order valence-corrected chi connectivity index (χ0v) is 12.8. The second kappa shape index (κ2) is 7.53. The van der Waals surface area contributed by atoms with Crippen LogP contribution < -0.4 is 10.1 Å². The van der Waals surface area contributed by atoms with E-state index in [0.29, 0.717) is 16.7 Å². The maximum atomic E-state index is 6.12. The van der Waals surface area contributed by atoms with Crippen molar-refractivity contribution in [2.75, 3.05) is 6.54 Å². The first-order chi connectivity index (χ1) is 9.69. The molecule has 0 bridgehead atoms. The molecule has 0 aliphatic carbocycles. The molecule has 0 unspecified atom stereocenters. The van der Waals surface area contributed by atoms with Crippen molar-refractivity contribution in [3.8, 4) is 5.75 Å². The van der Waals surface area contributed by atoms with Crippen molar-refractivity contribution in [1.82, 2.24) is 5.32 Å². The summed E-state index contributed by atoms with van der Waals surface area (Å²) in [6.07, 6.45) is 0. The van der Waals surface area contributed by atoms with Crippen molar-refractivity contribution >= 4 is 23.2 Å². The Kier molecular flexibility index (Phi) is 5.72. The molecule has 0 fully saturated rings. The van der Waals surface area contributed by atoms with Gasteiger partial charge in [0.25, 0.3) is 0 Å². The average molecular weight is 310 g/mol. The van der Waals surface area contributed by atoms with Crippen LogP contribution in [-0.4, -0.2) is 6.54 Å². The van der Waals surface area contributed by atoms with E-state index in [-0.39, 0.29) is 0 Å². The summed E-state index contributed by atoms with van der Waals surface area (Å²) in [6, 6.07) is 13.5. The number of nitrogens with one attached hydrogen (secondary N) is 1. The Labute approximate surface area is 129 Å². The SMILES string of the molecule is CCNCc1cccc(OCc2ccc(Cl)cc2Cl)c1. The van der Waals surface area contributed by atoms with E-state index in [2.05, 4.69) is 18.3 Å². The van der Waals surface area contributed by atoms with Gasteiger partial charge in [0.15, 0.2) is 0 Å². The van der Waals surface area contributed by atoms with E-state index in [9.17, 15) is 0 Å². The molecule has 0 saturated heterocycles. The van der Waals surface area contributed by atoms with Gasteiger partial charge in [-0.05, 0) is 36.4 Å². The topological polar surface area (TPSA) is 21.3 Å². The standard InChI is InChI=1S/C16H17Cl2NO/c1-2-19-10-12-4-3-5-15(8-12)20-11-13-6-7-14(17)9-16(13)18/h3-9,19H,2,10-11H2,1H3. The molecular formula is C16H17Cl2NO. The normalized spacial score (nSPS) is 10.6. The van der Waals surface area contributed by atoms with E-state index in [1.165, 1.54) is 5.56 Å². The Bertz CT molecular complexity index is 572. The van der Waals surface area contributed by atoms with Gasteiger partial charge in [-0.3, -0.25) is 0 Å². The summed E-state index contributed by atoms with van der Waals surface area (Å²) < 4.78 is 5.78. The molecule has 20 heavy (non-hydrogen) atoms. The van der Waals surface area contributed by atoms with Crippen molar-refractivity contribution in [1.29, 1.82) is 0 Å². The minimum Gasteiger partial charge on any atom is -0.489 e. The third kappa shape index (κ3) is 4.41. The number of benzene rings is 2. The maximum absolute atomic E-state index is 6.12. The first kappa shape index (κ1) is 15.2. The van der Waals surface area contributed by atoms with Crippen LogP contribution >= 0.6 is 23.2 Å². The molecule has 106 valence electrons. The molecule has 2 aromatic carbocycles. The van der Waals surface area contributed by atoms with Crippen molar-refractivity contribution in [3.63, 3.8) is 0 Å². The van der Waals surface area contributed by atoms with Crippen LogP contribution in [0.3, 0.4) is 0 Å². The number of rotatable bonds is 6. The average Bonchev–Trinajstić information content (AvgIpc) is 2.45. The summed E-state index contributed by atoms with van der Waals surface area (Å²) >= 11 is 12.0. The molecule has 2 nitrogen and oxygen atoms in total. The Morgan fingerprint density at radius 1 is 1.10 bits per heavy atom. The molecule has 0 atom stereocenters. The lowest BCUT2D eigenvalue weighted by Crippen LogP contribution is -2.11. The van der Waals surface area contributed by atoms with E-state index < -0.39 is 0 Å². The van der Waals surface area contributed by atoms with Gasteiger partial charge >= 0.3 is 0 Å². The largest absolute Gasteiger partial charge is 0.489 e. The van der Waals surface area contributed by atoms with Crippen LogP contribution in [0.2, 0.25) is 10.0 Å². The summed E-state index contributed by atoms with van der Waals surface area (Å²) in [7, 11) is 0. The molecule has 0 radical (unpaired) electrons. The molecule has 0 saturated carbocycles. The number of hydrogen-bond acceptors (Lipinski definition) is 2. The van der Waals surface area contributed by atoms with Gasteiger partial charge in [0.1, 0.15) is 12.4 Å². The smallest absolute Gasteiger partial charge is 0.120 e. The number of ether oxygens (including phenoxy) is 1. The summed E-state index contributed by atoms with van der Waals surface area (Å²) in [6.45, 7) is 4.31. The van der Waals surface area contributed by atoms with E-state index in [0.717, 1.165) is 24.4 Å². The molecule has 0 aromatic heterocycles. The van der Waals surface area contributed by atoms with Crippen LogP contribution in [-0.2, 0) is 13.2 Å². The van der Waals surface area contributed by atoms with E-state index in [1.807, 2.05) is 30.3 Å². The van der Waals surface area contributed by atoms with Gasteiger partial charge in [-0.15, -0.1) is 0 Å². The fourth-order valence-electron chi connectivity index (χ4n) is 1.81. The fraction of sp³-hybridized carbons (Fsp3) is 0.250. The lowest BCUT2D eigenvalue weighted by Gasteiger charge is -2.10. The highest BCUT2D eigenvalue weighted by atomic mass is 35.5. The molecule has 0 aliphatic heterocycles. The number of halogens is 2. The minimum atomic E-state index is 0.431. The molecule has 0 heterocycles. The molecule has 0 spiro atoms. The van der Waals surface area contributed by atoms with Crippen LogP contribution in [0.5, 0.6) is 5.75 Å². The van der Waals surface area contributed by atoms with Gasteiger partial charge in [-0.2, -0.15) is 0 Å². The monoisotopic (exact) mass is 309 g/mol. The van der Waals surface area contributed by atoms with Crippen LogP contribution in [0.1, 0.15) is 18.1 Å². The second-order valence-electron chi connectivity index (χ2n) is 4.45. The van der Waals surface area contributed by atoms with Crippen LogP contribution in [0.4, 0.5) is 0 Å². The third-order valence-electron chi connectivity index (χ3n) is 2.89. The predicted octanol–water partition coefficient (Wildman–Crippen LogP) is 4.68. The third-order valence-corrected chi connectivity index (χ3v) is 3.47. The molecule has 4 heteroatoms.